The van der Waals surface area contributed by atoms with Crippen molar-refractivity contribution in [2.45, 2.75) is 25.8 Å². The van der Waals surface area contributed by atoms with Gasteiger partial charge in [0.05, 0.1) is 16.2 Å². The van der Waals surface area contributed by atoms with Gasteiger partial charge in [0.15, 0.2) is 6.04 Å². The van der Waals surface area contributed by atoms with Crippen LogP contribution >= 0.6 is 22.9 Å². The fourth-order valence-electron chi connectivity index (χ4n) is 1.84. The van der Waals surface area contributed by atoms with Gasteiger partial charge in [0.25, 0.3) is 5.91 Å². The van der Waals surface area contributed by atoms with Crippen LogP contribution in [-0.4, -0.2) is 22.0 Å². The van der Waals surface area contributed by atoms with Crippen molar-refractivity contribution in [3.8, 4) is 0 Å². The van der Waals surface area contributed by atoms with Gasteiger partial charge in [-0.2, -0.15) is 0 Å². The predicted molar refractivity (Wildman–Crippen MR) is 85.5 cm³/mol. The Morgan fingerprint density at radius 2 is 2.09 bits per heavy atom. The average molecular weight is 357 g/mol. The van der Waals surface area contributed by atoms with E-state index in [-0.39, 0.29) is 16.5 Å². The molecule has 1 heterocycles. The summed E-state index contributed by atoms with van der Waals surface area (Å²) >= 11 is 6.77. The molecule has 2 N–H and O–H groups in total. The van der Waals surface area contributed by atoms with E-state index in [0.717, 1.165) is 11.1 Å². The number of benzene rings is 1. The Kier molecular flexibility index (Phi) is 5.33. The average Bonchev–Trinajstić information content (AvgIpc) is 2.97. The highest BCUT2D eigenvalue weighted by atomic mass is 35.5. The Morgan fingerprint density at radius 1 is 1.39 bits per heavy atom. The van der Waals surface area contributed by atoms with Crippen molar-refractivity contribution < 1.29 is 19.1 Å². The van der Waals surface area contributed by atoms with Crippen molar-refractivity contribution in [1.29, 1.82) is 0 Å². The van der Waals surface area contributed by atoms with Crippen LogP contribution in [0.1, 0.15) is 46.0 Å². The number of nitrogens with zero attached hydrogens (tertiary/aromatic N) is 1. The molecule has 0 saturated carbocycles. The van der Waals surface area contributed by atoms with E-state index in [1.165, 1.54) is 29.7 Å². The standard InChI is InChI=1S/C15H14ClFN2O3S/c1-7(2)14-18-6-11(23-14)13(20)19-12(15(21)22)8-3-4-9(16)10(17)5-8/h3-7,12H,1-2H3,(H,19,20)(H,21,22). The normalized spacial score (nSPS) is 12.2. The second kappa shape index (κ2) is 7.06. The second-order valence-electron chi connectivity index (χ2n) is 5.14. The molecule has 1 amide bonds. The van der Waals surface area contributed by atoms with Crippen LogP contribution < -0.4 is 5.32 Å². The van der Waals surface area contributed by atoms with E-state index in [9.17, 15) is 19.1 Å². The number of aliphatic carboxylic acids is 1. The van der Waals surface area contributed by atoms with Crippen LogP contribution in [-0.2, 0) is 4.79 Å². The number of carboxylic acid groups (broad SMARTS) is 1. The van der Waals surface area contributed by atoms with Gasteiger partial charge in [-0.25, -0.2) is 14.2 Å². The van der Waals surface area contributed by atoms with Crippen LogP contribution in [0.2, 0.25) is 5.02 Å². The van der Waals surface area contributed by atoms with Crippen LogP contribution in [0.5, 0.6) is 0 Å². The number of aromatic nitrogens is 1. The lowest BCUT2D eigenvalue weighted by Crippen LogP contribution is -2.33. The summed E-state index contributed by atoms with van der Waals surface area (Å²) in [5, 5.41) is 12.3. The number of hydrogen-bond donors (Lipinski definition) is 2. The lowest BCUT2D eigenvalue weighted by Gasteiger charge is -2.14. The first-order valence-corrected chi connectivity index (χ1v) is 7.93. The first-order valence-electron chi connectivity index (χ1n) is 6.74. The van der Waals surface area contributed by atoms with Crippen molar-refractivity contribution in [3.05, 3.63) is 50.7 Å². The topological polar surface area (TPSA) is 79.3 Å². The highest BCUT2D eigenvalue weighted by Gasteiger charge is 2.24. The van der Waals surface area contributed by atoms with E-state index >= 15 is 0 Å². The molecule has 1 unspecified atom stereocenters. The maximum absolute atomic E-state index is 13.5. The van der Waals surface area contributed by atoms with Crippen LogP contribution in [0.4, 0.5) is 4.39 Å². The largest absolute Gasteiger partial charge is 0.479 e. The summed E-state index contributed by atoms with van der Waals surface area (Å²) in [4.78, 5) is 28.0. The molecule has 0 aliphatic heterocycles. The van der Waals surface area contributed by atoms with E-state index in [2.05, 4.69) is 10.3 Å². The molecule has 5 nitrogen and oxygen atoms in total. The van der Waals surface area contributed by atoms with E-state index in [4.69, 9.17) is 11.6 Å². The third-order valence-electron chi connectivity index (χ3n) is 3.04. The number of rotatable bonds is 5. The van der Waals surface area contributed by atoms with Crippen molar-refractivity contribution in [1.82, 2.24) is 10.3 Å². The maximum Gasteiger partial charge on any atom is 0.330 e. The van der Waals surface area contributed by atoms with Crippen LogP contribution in [0.15, 0.2) is 24.4 Å². The third-order valence-corrected chi connectivity index (χ3v) is 4.64. The van der Waals surface area contributed by atoms with E-state index in [0.29, 0.717) is 4.88 Å². The summed E-state index contributed by atoms with van der Waals surface area (Å²) in [6.07, 6.45) is 1.40. The zero-order valence-corrected chi connectivity index (χ0v) is 13.9. The van der Waals surface area contributed by atoms with Gasteiger partial charge in [0.2, 0.25) is 0 Å². The number of carbonyl (C=O) groups excluding carboxylic acids is 1. The molecule has 1 aromatic heterocycles. The van der Waals surface area contributed by atoms with Crippen LogP contribution in [0.25, 0.3) is 0 Å². The lowest BCUT2D eigenvalue weighted by molar-refractivity contribution is -0.139. The molecule has 0 aliphatic rings. The number of carbonyl (C=O) groups is 2. The number of thiazole rings is 1. The number of amides is 1. The minimum Gasteiger partial charge on any atom is -0.479 e. The molecule has 0 radical (unpaired) electrons. The van der Waals surface area contributed by atoms with Crippen molar-refractivity contribution in [3.63, 3.8) is 0 Å². The van der Waals surface area contributed by atoms with Gasteiger partial charge in [0.1, 0.15) is 10.7 Å². The molecular formula is C15H14ClFN2O3S. The van der Waals surface area contributed by atoms with Crippen LogP contribution in [0.3, 0.4) is 0 Å². The molecular weight excluding hydrogens is 343 g/mol. The Morgan fingerprint density at radius 3 is 2.61 bits per heavy atom. The van der Waals surface area contributed by atoms with Gasteiger partial charge < -0.3 is 10.4 Å². The minimum absolute atomic E-state index is 0.0985. The van der Waals surface area contributed by atoms with Crippen molar-refractivity contribution in [2.24, 2.45) is 0 Å². The number of nitrogens with one attached hydrogen (secondary N) is 1. The predicted octanol–water partition coefficient (Wildman–Crippen LogP) is 3.61. The maximum atomic E-state index is 13.5. The Balaban J connectivity index is 2.23. The van der Waals surface area contributed by atoms with E-state index in [1.54, 1.807) is 0 Å². The summed E-state index contributed by atoms with van der Waals surface area (Å²) in [6.45, 7) is 3.88. The first-order chi connectivity index (χ1) is 10.8. The molecule has 0 fully saturated rings. The molecule has 2 rings (SSSR count). The number of carboxylic acids is 1. The number of halogens is 2. The highest BCUT2D eigenvalue weighted by Crippen LogP contribution is 2.23. The van der Waals surface area contributed by atoms with Crippen molar-refractivity contribution in [2.75, 3.05) is 0 Å². The zero-order valence-electron chi connectivity index (χ0n) is 12.3. The molecule has 23 heavy (non-hydrogen) atoms. The summed E-state index contributed by atoms with van der Waals surface area (Å²) < 4.78 is 13.5. The molecule has 1 atom stereocenters. The molecule has 2 aromatic rings. The summed E-state index contributed by atoms with van der Waals surface area (Å²) in [6, 6.07) is 2.22. The van der Waals surface area contributed by atoms with Gasteiger partial charge in [-0.3, -0.25) is 4.79 Å². The van der Waals surface area contributed by atoms with Crippen LogP contribution in [0, 0.1) is 5.82 Å². The summed E-state index contributed by atoms with van der Waals surface area (Å²) in [5.41, 5.74) is 0.0985. The monoisotopic (exact) mass is 356 g/mol. The van der Waals surface area contributed by atoms with Crippen molar-refractivity contribution >= 4 is 34.8 Å². The fourth-order valence-corrected chi connectivity index (χ4v) is 2.78. The molecule has 8 heteroatoms. The van der Waals surface area contributed by atoms with Gasteiger partial charge in [-0.05, 0) is 17.7 Å². The molecule has 0 bridgehead atoms. The van der Waals surface area contributed by atoms with E-state index < -0.39 is 23.7 Å². The highest BCUT2D eigenvalue weighted by molar-refractivity contribution is 7.13. The lowest BCUT2D eigenvalue weighted by atomic mass is 10.1. The number of hydrogen-bond acceptors (Lipinski definition) is 4. The Labute approximate surface area is 141 Å². The zero-order chi connectivity index (χ0) is 17.1. The van der Waals surface area contributed by atoms with Gasteiger partial charge in [-0.15, -0.1) is 11.3 Å². The van der Waals surface area contributed by atoms with Gasteiger partial charge in [0, 0.05) is 5.92 Å². The SMILES string of the molecule is CC(C)c1ncc(C(=O)NC(C(=O)O)c2ccc(Cl)c(F)c2)s1. The third kappa shape index (κ3) is 4.05. The summed E-state index contributed by atoms with van der Waals surface area (Å²) in [7, 11) is 0. The fraction of sp³-hybridized carbons (Fsp3) is 0.267. The Hall–Kier alpha value is -1.99. The molecule has 0 spiro atoms. The molecule has 1 aromatic carbocycles. The van der Waals surface area contributed by atoms with Gasteiger partial charge >= 0.3 is 5.97 Å². The smallest absolute Gasteiger partial charge is 0.330 e. The first kappa shape index (κ1) is 17.4. The minimum atomic E-state index is -1.38. The Bertz CT molecular complexity index is 748. The molecule has 122 valence electrons. The molecule has 0 saturated heterocycles. The summed E-state index contributed by atoms with van der Waals surface area (Å²) in [5.74, 6) is -2.45. The second-order valence-corrected chi connectivity index (χ2v) is 6.61. The van der Waals surface area contributed by atoms with E-state index in [1.807, 2.05) is 13.8 Å². The molecule has 0 aliphatic carbocycles. The van der Waals surface area contributed by atoms with Gasteiger partial charge in [-0.1, -0.05) is 31.5 Å². The quantitative estimate of drug-likeness (QED) is 0.857.